The molecule has 2 saturated carbocycles. The van der Waals surface area contributed by atoms with E-state index in [1.54, 1.807) is 0 Å². The van der Waals surface area contributed by atoms with Crippen LogP contribution in [0.4, 0.5) is 0 Å². The number of fused-ring (bicyclic) bond motifs is 2. The first-order valence-electron chi connectivity index (χ1n) is 8.99. The van der Waals surface area contributed by atoms with Crippen LogP contribution in [-0.2, 0) is 9.53 Å². The molecule has 126 valence electrons. The predicted molar refractivity (Wildman–Crippen MR) is 88.9 cm³/mol. The van der Waals surface area contributed by atoms with Crippen LogP contribution >= 0.6 is 0 Å². The summed E-state index contributed by atoms with van der Waals surface area (Å²) in [6.07, 6.45) is 6.55. The molecule has 3 aliphatic carbocycles. The molecular weight excluding hydrogens is 288 g/mol. The standard InChI is InChI=1S/C20H28O3/c1-11(2)12-10-20-14(9-13(12)21)19(5)8-6-7-18(3,4)16(19)15(22)17(20)23-20/h9-11,15-17,22H,6-8H2,1-5H3/t15-,16+,17-,19-,20+/m1/s1. The quantitative estimate of drug-likeness (QED) is 0.754. The summed E-state index contributed by atoms with van der Waals surface area (Å²) >= 11 is 0. The van der Waals surface area contributed by atoms with Crippen LogP contribution in [0.3, 0.4) is 0 Å². The number of hydrogen-bond acceptors (Lipinski definition) is 3. The average molecular weight is 316 g/mol. The lowest BCUT2D eigenvalue weighted by atomic mass is 9.47. The molecule has 0 bridgehead atoms. The molecule has 4 aliphatic rings. The molecule has 1 spiro atoms. The maximum absolute atomic E-state index is 12.6. The first-order valence-corrected chi connectivity index (χ1v) is 8.99. The van der Waals surface area contributed by atoms with E-state index in [4.69, 9.17) is 4.74 Å². The van der Waals surface area contributed by atoms with Crippen molar-refractivity contribution in [2.45, 2.75) is 71.7 Å². The van der Waals surface area contributed by atoms with Crippen LogP contribution in [0, 0.1) is 22.7 Å². The fourth-order valence-electron chi connectivity index (χ4n) is 6.00. The molecule has 1 heterocycles. The van der Waals surface area contributed by atoms with Crippen LogP contribution in [0.1, 0.15) is 53.9 Å². The molecule has 23 heavy (non-hydrogen) atoms. The molecule has 0 unspecified atom stereocenters. The second kappa shape index (κ2) is 4.37. The Hall–Kier alpha value is -0.930. The van der Waals surface area contributed by atoms with Crippen molar-refractivity contribution >= 4 is 5.78 Å². The first kappa shape index (κ1) is 15.6. The molecule has 0 amide bonds. The Bertz CT molecular complexity index is 641. The van der Waals surface area contributed by atoms with Crippen LogP contribution in [0.5, 0.6) is 0 Å². The Morgan fingerprint density at radius 3 is 2.61 bits per heavy atom. The van der Waals surface area contributed by atoms with E-state index < -0.39 is 11.7 Å². The number of rotatable bonds is 1. The summed E-state index contributed by atoms with van der Waals surface area (Å²) in [4.78, 5) is 12.6. The lowest BCUT2D eigenvalue weighted by Crippen LogP contribution is -2.58. The number of allylic oxidation sites excluding steroid dienone is 2. The van der Waals surface area contributed by atoms with Gasteiger partial charge in [-0.25, -0.2) is 0 Å². The van der Waals surface area contributed by atoms with Gasteiger partial charge in [-0.15, -0.1) is 0 Å². The highest BCUT2D eigenvalue weighted by atomic mass is 16.6. The molecule has 0 aromatic heterocycles. The number of aliphatic hydroxyl groups excluding tert-OH is 1. The Balaban J connectivity index is 1.86. The van der Waals surface area contributed by atoms with Gasteiger partial charge < -0.3 is 9.84 Å². The largest absolute Gasteiger partial charge is 0.390 e. The summed E-state index contributed by atoms with van der Waals surface area (Å²) in [5, 5.41) is 11.1. The van der Waals surface area contributed by atoms with Crippen molar-refractivity contribution < 1.29 is 14.6 Å². The van der Waals surface area contributed by atoms with Gasteiger partial charge in [-0.3, -0.25) is 4.79 Å². The van der Waals surface area contributed by atoms with Crippen LogP contribution < -0.4 is 0 Å². The minimum atomic E-state index is -0.508. The Morgan fingerprint density at radius 2 is 1.96 bits per heavy atom. The van der Waals surface area contributed by atoms with E-state index in [0.717, 1.165) is 30.4 Å². The topological polar surface area (TPSA) is 49.8 Å². The van der Waals surface area contributed by atoms with E-state index in [-0.39, 0.29) is 34.6 Å². The monoisotopic (exact) mass is 316 g/mol. The number of aliphatic hydroxyl groups is 1. The van der Waals surface area contributed by atoms with E-state index in [2.05, 4.69) is 20.8 Å². The lowest BCUT2D eigenvalue weighted by molar-refractivity contribution is -0.112. The van der Waals surface area contributed by atoms with Gasteiger partial charge in [0.05, 0.1) is 6.10 Å². The van der Waals surface area contributed by atoms with Crippen molar-refractivity contribution in [3.8, 4) is 0 Å². The van der Waals surface area contributed by atoms with Gasteiger partial charge in [0.2, 0.25) is 0 Å². The summed E-state index contributed by atoms with van der Waals surface area (Å²) in [6.45, 7) is 10.9. The average Bonchev–Trinajstić information content (AvgIpc) is 3.14. The fraction of sp³-hybridized carbons (Fsp3) is 0.750. The zero-order valence-corrected chi connectivity index (χ0v) is 14.8. The van der Waals surface area contributed by atoms with Crippen LogP contribution in [0.25, 0.3) is 0 Å². The van der Waals surface area contributed by atoms with Gasteiger partial charge in [0.15, 0.2) is 5.78 Å². The number of ketones is 1. The first-order chi connectivity index (χ1) is 10.6. The number of ether oxygens (including phenoxy) is 1. The molecule has 4 rings (SSSR count). The van der Waals surface area contributed by atoms with Gasteiger partial charge in [-0.1, -0.05) is 41.0 Å². The molecule has 3 heteroatoms. The van der Waals surface area contributed by atoms with Gasteiger partial charge in [-0.05, 0) is 47.3 Å². The van der Waals surface area contributed by atoms with Crippen molar-refractivity contribution in [1.82, 2.24) is 0 Å². The number of hydrogen-bond donors (Lipinski definition) is 1. The Kier molecular flexibility index (Phi) is 2.96. The van der Waals surface area contributed by atoms with Crippen molar-refractivity contribution in [2.24, 2.45) is 22.7 Å². The van der Waals surface area contributed by atoms with Gasteiger partial charge >= 0.3 is 0 Å². The minimum absolute atomic E-state index is 0.0659. The van der Waals surface area contributed by atoms with Crippen molar-refractivity contribution in [3.05, 3.63) is 23.3 Å². The summed E-state index contributed by atoms with van der Waals surface area (Å²) in [6, 6.07) is 0. The zero-order chi connectivity index (χ0) is 16.8. The van der Waals surface area contributed by atoms with Gasteiger partial charge in [0, 0.05) is 11.5 Å². The molecule has 1 saturated heterocycles. The van der Waals surface area contributed by atoms with Crippen LogP contribution in [0.2, 0.25) is 0 Å². The predicted octanol–water partition coefficient (Wildman–Crippen LogP) is 3.42. The highest BCUT2D eigenvalue weighted by Gasteiger charge is 2.74. The molecule has 1 N–H and O–H groups in total. The highest BCUT2D eigenvalue weighted by molar-refractivity contribution is 6.07. The molecular formula is C20H28O3. The van der Waals surface area contributed by atoms with Crippen LogP contribution in [-0.4, -0.2) is 28.7 Å². The summed E-state index contributed by atoms with van der Waals surface area (Å²) < 4.78 is 6.11. The fourth-order valence-corrected chi connectivity index (χ4v) is 6.00. The molecule has 1 aliphatic heterocycles. The third-order valence-corrected chi connectivity index (χ3v) is 6.97. The second-order valence-electron chi connectivity index (χ2n) is 9.24. The number of epoxide rings is 1. The molecule has 0 radical (unpaired) electrons. The SMILES string of the molecule is CC(C)C1=C[C@@]23O[C@@H]2[C@H](O)[C@H]2C(C)(C)CCC[C@]2(C)C3=CC1=O. The maximum Gasteiger partial charge on any atom is 0.181 e. The normalized spacial score (nSPS) is 47.3. The van der Waals surface area contributed by atoms with Crippen molar-refractivity contribution in [2.75, 3.05) is 0 Å². The van der Waals surface area contributed by atoms with Crippen LogP contribution in [0.15, 0.2) is 23.3 Å². The van der Waals surface area contributed by atoms with E-state index in [9.17, 15) is 9.90 Å². The second-order valence-corrected chi connectivity index (χ2v) is 9.24. The van der Waals surface area contributed by atoms with Gasteiger partial charge in [-0.2, -0.15) is 0 Å². The lowest BCUT2D eigenvalue weighted by Gasteiger charge is -2.57. The smallest absolute Gasteiger partial charge is 0.181 e. The molecule has 3 fully saturated rings. The van der Waals surface area contributed by atoms with E-state index in [1.807, 2.05) is 26.0 Å². The van der Waals surface area contributed by atoms with Gasteiger partial charge in [0.25, 0.3) is 0 Å². The third-order valence-electron chi connectivity index (χ3n) is 6.97. The molecule has 0 aromatic rings. The number of carbonyl (C=O) groups excluding carboxylic acids is 1. The highest BCUT2D eigenvalue weighted by Crippen LogP contribution is 2.69. The summed E-state index contributed by atoms with van der Waals surface area (Å²) in [5.74, 6) is 0.469. The van der Waals surface area contributed by atoms with Gasteiger partial charge in [0.1, 0.15) is 11.7 Å². The summed E-state index contributed by atoms with van der Waals surface area (Å²) in [7, 11) is 0. The van der Waals surface area contributed by atoms with E-state index in [0.29, 0.717) is 0 Å². The third kappa shape index (κ3) is 1.81. The van der Waals surface area contributed by atoms with Crippen molar-refractivity contribution in [1.29, 1.82) is 0 Å². The molecule has 0 aromatic carbocycles. The maximum atomic E-state index is 12.6. The Morgan fingerprint density at radius 1 is 1.26 bits per heavy atom. The van der Waals surface area contributed by atoms with E-state index >= 15 is 0 Å². The zero-order valence-electron chi connectivity index (χ0n) is 14.8. The Labute approximate surface area is 138 Å². The minimum Gasteiger partial charge on any atom is -0.390 e. The van der Waals surface area contributed by atoms with E-state index in [1.165, 1.54) is 0 Å². The number of carbonyl (C=O) groups is 1. The molecule has 5 atom stereocenters. The molecule has 3 nitrogen and oxygen atoms in total. The van der Waals surface area contributed by atoms with Crippen molar-refractivity contribution in [3.63, 3.8) is 0 Å². The summed E-state index contributed by atoms with van der Waals surface area (Å²) in [5.41, 5.74) is 1.37.